The van der Waals surface area contributed by atoms with E-state index in [-0.39, 0.29) is 4.90 Å². The average Bonchev–Trinajstić information content (AvgIpc) is 2.63. The van der Waals surface area contributed by atoms with Crippen LogP contribution in [0.3, 0.4) is 0 Å². The smallest absolute Gasteiger partial charge is 0.261 e. The molecule has 1 N–H and O–H groups in total. The molecule has 0 saturated heterocycles. The lowest BCUT2D eigenvalue weighted by molar-refractivity contribution is 0.601. The molecule has 0 amide bonds. The zero-order valence-corrected chi connectivity index (χ0v) is 14.5. The summed E-state index contributed by atoms with van der Waals surface area (Å²) in [5, 5.41) is 0. The van der Waals surface area contributed by atoms with Crippen LogP contribution in [0.4, 0.5) is 5.69 Å². The Balaban J connectivity index is 1.91. The highest BCUT2D eigenvalue weighted by molar-refractivity contribution is 7.92. The van der Waals surface area contributed by atoms with E-state index in [1.807, 2.05) is 37.3 Å². The maximum absolute atomic E-state index is 12.5. The van der Waals surface area contributed by atoms with Gasteiger partial charge in [-0.1, -0.05) is 59.9 Å². The molecule has 25 heavy (non-hydrogen) atoms. The second-order valence-corrected chi connectivity index (χ2v) is 7.26. The highest BCUT2D eigenvalue weighted by Gasteiger charge is 2.14. The van der Waals surface area contributed by atoms with Crippen molar-refractivity contribution in [2.75, 3.05) is 4.72 Å². The number of sulfonamides is 1. The summed E-state index contributed by atoms with van der Waals surface area (Å²) < 4.78 is 27.6. The first-order valence-corrected chi connectivity index (χ1v) is 9.28. The molecule has 4 heteroatoms. The Morgan fingerprint density at radius 3 is 2.12 bits per heavy atom. The van der Waals surface area contributed by atoms with Crippen LogP contribution in [0.2, 0.25) is 0 Å². The van der Waals surface area contributed by atoms with Crippen molar-refractivity contribution in [3.05, 3.63) is 95.6 Å². The van der Waals surface area contributed by atoms with Crippen LogP contribution >= 0.6 is 0 Å². The summed E-state index contributed by atoms with van der Waals surface area (Å²) in [6, 6.07) is 23.3. The highest BCUT2D eigenvalue weighted by Crippen LogP contribution is 2.19. The number of nitrogens with one attached hydrogen (secondary N) is 1. The van der Waals surface area contributed by atoms with Crippen LogP contribution in [-0.2, 0) is 10.0 Å². The van der Waals surface area contributed by atoms with Crippen molar-refractivity contribution < 1.29 is 8.42 Å². The first kappa shape index (κ1) is 16.8. The van der Waals surface area contributed by atoms with Gasteiger partial charge in [-0.25, -0.2) is 8.42 Å². The summed E-state index contributed by atoms with van der Waals surface area (Å²) in [4.78, 5) is 0.219. The van der Waals surface area contributed by atoms with Crippen molar-refractivity contribution in [3.63, 3.8) is 0 Å². The van der Waals surface area contributed by atoms with E-state index in [0.29, 0.717) is 11.3 Å². The van der Waals surface area contributed by atoms with Gasteiger partial charge in [-0.05, 0) is 43.3 Å². The largest absolute Gasteiger partial charge is 0.278 e. The van der Waals surface area contributed by atoms with Crippen LogP contribution < -0.4 is 4.72 Å². The fraction of sp³-hybridized carbons (Fsp3) is 0.0476. The Hall–Kier alpha value is -3.03. The van der Waals surface area contributed by atoms with E-state index >= 15 is 0 Å². The number of rotatable bonds is 3. The fourth-order valence-corrected chi connectivity index (χ4v) is 3.36. The van der Waals surface area contributed by atoms with E-state index in [1.54, 1.807) is 48.5 Å². The molecule has 0 saturated carbocycles. The molecule has 0 aliphatic carbocycles. The summed E-state index contributed by atoms with van der Waals surface area (Å²) in [5.74, 6) is 6.12. The molecule has 3 aromatic carbocycles. The molecule has 3 aromatic rings. The van der Waals surface area contributed by atoms with Gasteiger partial charge in [0.25, 0.3) is 10.0 Å². The molecule has 0 aliphatic rings. The Labute approximate surface area is 148 Å². The number of hydrogen-bond donors (Lipinski definition) is 1. The SMILES string of the molecule is Cc1ccc(C#Cc2ccccc2NS(=O)(=O)c2ccccc2)cc1. The molecule has 0 fully saturated rings. The molecule has 3 nitrogen and oxygen atoms in total. The van der Waals surface area contributed by atoms with E-state index in [2.05, 4.69) is 16.6 Å². The van der Waals surface area contributed by atoms with Crippen LogP contribution in [0.1, 0.15) is 16.7 Å². The Morgan fingerprint density at radius 1 is 0.760 bits per heavy atom. The van der Waals surface area contributed by atoms with E-state index in [9.17, 15) is 8.42 Å². The third kappa shape index (κ3) is 4.28. The van der Waals surface area contributed by atoms with Crippen molar-refractivity contribution in [2.24, 2.45) is 0 Å². The number of anilines is 1. The lowest BCUT2D eigenvalue weighted by Gasteiger charge is -2.09. The van der Waals surface area contributed by atoms with Gasteiger partial charge in [0.05, 0.1) is 10.6 Å². The van der Waals surface area contributed by atoms with Gasteiger partial charge in [-0.2, -0.15) is 0 Å². The number of para-hydroxylation sites is 1. The third-order valence-corrected chi connectivity index (χ3v) is 5.00. The van der Waals surface area contributed by atoms with Gasteiger partial charge in [0, 0.05) is 11.1 Å². The molecular formula is C21H17NO2S. The lowest BCUT2D eigenvalue weighted by Crippen LogP contribution is -2.13. The highest BCUT2D eigenvalue weighted by atomic mass is 32.2. The first-order chi connectivity index (χ1) is 12.0. The second-order valence-electron chi connectivity index (χ2n) is 5.58. The molecule has 3 rings (SSSR count). The second kappa shape index (κ2) is 7.25. The van der Waals surface area contributed by atoms with Crippen molar-refractivity contribution in [2.45, 2.75) is 11.8 Å². The van der Waals surface area contributed by atoms with E-state index in [0.717, 1.165) is 5.56 Å². The Kier molecular flexibility index (Phi) is 4.87. The van der Waals surface area contributed by atoms with Gasteiger partial charge < -0.3 is 0 Å². The predicted octanol–water partition coefficient (Wildman–Crippen LogP) is 4.20. The summed E-state index contributed by atoms with van der Waals surface area (Å²) >= 11 is 0. The van der Waals surface area contributed by atoms with E-state index < -0.39 is 10.0 Å². The molecule has 0 heterocycles. The standard InChI is InChI=1S/C21H17NO2S/c1-17-11-13-18(14-12-17)15-16-19-7-5-6-10-21(19)22-25(23,24)20-8-3-2-4-9-20/h2-14,22H,1H3. The summed E-state index contributed by atoms with van der Waals surface area (Å²) in [6.07, 6.45) is 0. The fourth-order valence-electron chi connectivity index (χ4n) is 2.26. The molecule has 0 unspecified atom stereocenters. The van der Waals surface area contributed by atoms with Crippen LogP contribution in [0.15, 0.2) is 83.8 Å². The lowest BCUT2D eigenvalue weighted by atomic mass is 10.1. The minimum atomic E-state index is -3.64. The van der Waals surface area contributed by atoms with Crippen molar-refractivity contribution in [1.82, 2.24) is 0 Å². The first-order valence-electron chi connectivity index (χ1n) is 7.80. The Morgan fingerprint density at radius 2 is 1.40 bits per heavy atom. The van der Waals surface area contributed by atoms with Gasteiger partial charge in [0.1, 0.15) is 0 Å². The van der Waals surface area contributed by atoms with Gasteiger partial charge in [-0.3, -0.25) is 4.72 Å². The third-order valence-electron chi connectivity index (χ3n) is 3.62. The minimum absolute atomic E-state index is 0.219. The van der Waals surface area contributed by atoms with Crippen molar-refractivity contribution >= 4 is 15.7 Å². The maximum Gasteiger partial charge on any atom is 0.261 e. The average molecular weight is 347 g/mol. The molecule has 0 bridgehead atoms. The molecule has 0 aromatic heterocycles. The topological polar surface area (TPSA) is 46.2 Å². The van der Waals surface area contributed by atoms with Gasteiger partial charge in [0.2, 0.25) is 0 Å². The quantitative estimate of drug-likeness (QED) is 0.722. The van der Waals surface area contributed by atoms with Gasteiger partial charge >= 0.3 is 0 Å². The number of hydrogen-bond acceptors (Lipinski definition) is 2. The van der Waals surface area contributed by atoms with Gasteiger partial charge in [0.15, 0.2) is 0 Å². The van der Waals surface area contributed by atoms with E-state index in [1.165, 1.54) is 5.56 Å². The summed E-state index contributed by atoms with van der Waals surface area (Å²) in [6.45, 7) is 2.02. The van der Waals surface area contributed by atoms with Gasteiger partial charge in [-0.15, -0.1) is 0 Å². The normalized spacial score (nSPS) is 10.6. The summed E-state index contributed by atoms with van der Waals surface area (Å²) in [5.41, 5.74) is 3.14. The van der Waals surface area contributed by atoms with Crippen LogP contribution in [0.5, 0.6) is 0 Å². The predicted molar refractivity (Wildman–Crippen MR) is 101 cm³/mol. The molecular weight excluding hydrogens is 330 g/mol. The van der Waals surface area contributed by atoms with Crippen LogP contribution in [-0.4, -0.2) is 8.42 Å². The van der Waals surface area contributed by atoms with Crippen LogP contribution in [0.25, 0.3) is 0 Å². The molecule has 0 atom stereocenters. The maximum atomic E-state index is 12.5. The zero-order valence-electron chi connectivity index (χ0n) is 13.7. The molecule has 0 spiro atoms. The van der Waals surface area contributed by atoms with Crippen LogP contribution in [0, 0.1) is 18.8 Å². The molecule has 0 aliphatic heterocycles. The Bertz CT molecular complexity index is 1030. The van der Waals surface area contributed by atoms with Crippen molar-refractivity contribution in [3.8, 4) is 11.8 Å². The van der Waals surface area contributed by atoms with E-state index in [4.69, 9.17) is 0 Å². The zero-order chi connectivity index (χ0) is 17.7. The monoisotopic (exact) mass is 347 g/mol. The molecule has 0 radical (unpaired) electrons. The molecule has 124 valence electrons. The summed E-state index contributed by atoms with van der Waals surface area (Å²) in [7, 11) is -3.64. The van der Waals surface area contributed by atoms with Crippen molar-refractivity contribution in [1.29, 1.82) is 0 Å². The number of benzene rings is 3. The minimum Gasteiger partial charge on any atom is -0.278 e. The number of aryl methyl sites for hydroxylation is 1.